The van der Waals surface area contributed by atoms with E-state index in [2.05, 4.69) is 182 Å². The summed E-state index contributed by atoms with van der Waals surface area (Å²) < 4.78 is 6.63. The Morgan fingerprint density at radius 3 is 1.98 bits per heavy atom. The number of fused-ring (bicyclic) bond motifs is 18. The Balaban J connectivity index is 1.07. The number of ether oxygens (including phenoxy) is 1. The van der Waals surface area contributed by atoms with Crippen molar-refractivity contribution in [3.63, 3.8) is 0 Å². The molecule has 4 nitrogen and oxygen atoms in total. The molecule has 1 unspecified atom stereocenters. The molecule has 4 heteroatoms. The van der Waals surface area contributed by atoms with Gasteiger partial charge in [0.15, 0.2) is 0 Å². The lowest BCUT2D eigenvalue weighted by Crippen LogP contribution is -2.32. The zero-order chi connectivity index (χ0) is 40.6. The van der Waals surface area contributed by atoms with Gasteiger partial charge in [-0.05, 0) is 98.1 Å². The van der Waals surface area contributed by atoms with E-state index in [1.165, 1.54) is 55.3 Å². The summed E-state index contributed by atoms with van der Waals surface area (Å²) in [4.78, 5) is 4.17. The average Bonchev–Trinajstić information content (AvgIpc) is 3.91. The highest BCUT2D eigenvalue weighted by Gasteiger charge is 2.52. The van der Waals surface area contributed by atoms with Crippen molar-refractivity contribution in [1.29, 1.82) is 5.41 Å². The van der Waals surface area contributed by atoms with Crippen LogP contribution in [0, 0.1) is 17.5 Å². The van der Waals surface area contributed by atoms with Crippen molar-refractivity contribution in [2.45, 2.75) is 24.2 Å². The van der Waals surface area contributed by atoms with E-state index in [4.69, 9.17) is 10.5 Å². The molecular weight excluding hydrogens is 743 g/mol. The van der Waals surface area contributed by atoms with E-state index < -0.39 is 10.8 Å². The molecule has 0 bridgehead atoms. The molecule has 13 rings (SSSR count). The molecule has 10 aromatic rings. The van der Waals surface area contributed by atoms with Crippen LogP contribution in [0.2, 0.25) is 0 Å². The number of nitrogens with one attached hydrogen (secondary N) is 2. The second-order valence-electron chi connectivity index (χ2n) is 17.1. The van der Waals surface area contributed by atoms with Crippen molar-refractivity contribution in [3.05, 3.63) is 232 Å². The number of nitrogen functional groups attached to an aromatic ring is 1. The molecule has 0 fully saturated rings. The number of aromatic amines is 1. The second-order valence-corrected chi connectivity index (χ2v) is 17.1. The van der Waals surface area contributed by atoms with E-state index in [0.717, 1.165) is 55.6 Å². The fraction of sp³-hybridized carbons (Fsp3) is 0.0702. The van der Waals surface area contributed by atoms with E-state index in [0.29, 0.717) is 23.4 Å². The quantitative estimate of drug-likeness (QED) is 0.156. The summed E-state index contributed by atoms with van der Waals surface area (Å²) in [5.74, 6) is 1.78. The third-order valence-corrected chi connectivity index (χ3v) is 14.0. The van der Waals surface area contributed by atoms with Gasteiger partial charge in [-0.3, -0.25) is 5.41 Å². The average molecular weight is 780 g/mol. The molecule has 1 atom stereocenters. The first kappa shape index (κ1) is 34.0. The minimum atomic E-state index is -0.551. The summed E-state index contributed by atoms with van der Waals surface area (Å²) in [6, 6.07) is 66.8. The van der Waals surface area contributed by atoms with Crippen LogP contribution in [0.5, 0.6) is 11.5 Å². The van der Waals surface area contributed by atoms with E-state index in [1.807, 2.05) is 6.07 Å². The molecule has 286 valence electrons. The number of nitrogens with two attached hydrogens (primary N) is 1. The highest BCUT2D eigenvalue weighted by atomic mass is 16.5. The maximum Gasteiger partial charge on any atom is 0.132 e. The first-order valence-electron chi connectivity index (χ1n) is 20.9. The molecular formula is C57H37N3O. The highest BCUT2D eigenvalue weighted by Crippen LogP contribution is 2.63. The van der Waals surface area contributed by atoms with Crippen LogP contribution in [0.1, 0.15) is 57.0 Å². The molecule has 1 aromatic heterocycles. The lowest BCUT2D eigenvalue weighted by molar-refractivity contribution is 0.436. The minimum Gasteiger partial charge on any atom is -0.457 e. The van der Waals surface area contributed by atoms with E-state index in [1.54, 1.807) is 6.07 Å². The number of para-hydroxylation sites is 2. The third kappa shape index (κ3) is 4.37. The fourth-order valence-corrected chi connectivity index (χ4v) is 11.5. The Kier molecular flexibility index (Phi) is 6.75. The number of hydrogen-bond donors (Lipinski definition) is 3. The Morgan fingerprint density at radius 2 is 1.23 bits per heavy atom. The van der Waals surface area contributed by atoms with Crippen molar-refractivity contribution in [1.82, 2.24) is 4.98 Å². The lowest BCUT2D eigenvalue weighted by Gasteiger charge is -2.39. The molecule has 1 spiro atoms. The van der Waals surface area contributed by atoms with Crippen LogP contribution in [-0.4, -0.2) is 10.7 Å². The van der Waals surface area contributed by atoms with Crippen LogP contribution in [0.4, 0.5) is 5.69 Å². The molecule has 3 aliphatic rings. The van der Waals surface area contributed by atoms with Crippen molar-refractivity contribution in [2.75, 3.05) is 5.73 Å². The molecule has 0 saturated carbocycles. The minimum absolute atomic E-state index is 0.391. The van der Waals surface area contributed by atoms with Gasteiger partial charge in [0.25, 0.3) is 0 Å². The maximum atomic E-state index is 9.64. The topological polar surface area (TPSA) is 74.9 Å². The van der Waals surface area contributed by atoms with Crippen molar-refractivity contribution >= 4 is 44.0 Å². The van der Waals surface area contributed by atoms with Crippen molar-refractivity contribution in [2.24, 2.45) is 0 Å². The summed E-state index contributed by atoms with van der Waals surface area (Å²) >= 11 is 0. The first-order valence-corrected chi connectivity index (χ1v) is 20.9. The van der Waals surface area contributed by atoms with Gasteiger partial charge in [0.05, 0.1) is 27.8 Å². The monoisotopic (exact) mass is 779 g/mol. The zero-order valence-electron chi connectivity index (χ0n) is 33.4. The molecule has 9 aromatic carbocycles. The van der Waals surface area contributed by atoms with Crippen molar-refractivity contribution in [3.8, 4) is 33.8 Å². The maximum absolute atomic E-state index is 9.64. The summed E-state index contributed by atoms with van der Waals surface area (Å²) in [7, 11) is 0. The Hall–Kier alpha value is -7.87. The number of H-pyrrole nitrogens is 1. The third-order valence-electron chi connectivity index (χ3n) is 14.0. The van der Waals surface area contributed by atoms with E-state index in [-0.39, 0.29) is 0 Å². The Morgan fingerprint density at radius 1 is 0.607 bits per heavy atom. The van der Waals surface area contributed by atoms with Crippen LogP contribution < -0.4 is 10.5 Å². The van der Waals surface area contributed by atoms with Gasteiger partial charge in [0.1, 0.15) is 11.5 Å². The number of benzene rings is 8. The first-order chi connectivity index (χ1) is 29.9. The van der Waals surface area contributed by atoms with Crippen LogP contribution >= 0.6 is 0 Å². The SMILES string of the molecule is CC1(Cc2cc3ccccc3cc2C(=N)c2ccc#cc2N)c2ccccc2-c2ccc3c([nH]c4c5c(ccc43)C3(c4ccccc4Oc4ccccc43)c3ccccc3-5)c21. The summed E-state index contributed by atoms with van der Waals surface area (Å²) in [6.07, 6.45) is 0.675. The zero-order valence-corrected chi connectivity index (χ0v) is 33.4. The number of aromatic nitrogens is 1. The Bertz CT molecular complexity index is 3510. The van der Waals surface area contributed by atoms with E-state index in [9.17, 15) is 5.41 Å². The van der Waals surface area contributed by atoms with Gasteiger partial charge in [0.2, 0.25) is 0 Å². The molecule has 0 saturated heterocycles. The van der Waals surface area contributed by atoms with Crippen LogP contribution in [0.3, 0.4) is 0 Å². The number of rotatable bonds is 4. The van der Waals surface area contributed by atoms with Gasteiger partial charge >= 0.3 is 0 Å². The van der Waals surface area contributed by atoms with Gasteiger partial charge in [-0.2, -0.15) is 0 Å². The fourth-order valence-electron chi connectivity index (χ4n) is 11.5. The van der Waals surface area contributed by atoms with Gasteiger partial charge in [-0.1, -0.05) is 153 Å². The molecule has 4 N–H and O–H groups in total. The van der Waals surface area contributed by atoms with Crippen LogP contribution in [-0.2, 0) is 17.3 Å². The molecule has 0 radical (unpaired) electrons. The molecule has 2 aliphatic carbocycles. The predicted molar refractivity (Wildman–Crippen MR) is 247 cm³/mol. The van der Waals surface area contributed by atoms with Crippen LogP contribution in [0.25, 0.3) is 54.8 Å². The smallest absolute Gasteiger partial charge is 0.132 e. The summed E-state index contributed by atoms with van der Waals surface area (Å²) in [5.41, 5.74) is 23.6. The number of hydrogen-bond acceptors (Lipinski definition) is 3. The van der Waals surface area contributed by atoms with Gasteiger partial charge in [0, 0.05) is 44.0 Å². The van der Waals surface area contributed by atoms with Gasteiger partial charge in [-0.15, -0.1) is 0 Å². The lowest BCUT2D eigenvalue weighted by atomic mass is 9.66. The summed E-state index contributed by atoms with van der Waals surface area (Å²) in [6.45, 7) is 2.40. The van der Waals surface area contributed by atoms with Crippen molar-refractivity contribution < 1.29 is 4.74 Å². The van der Waals surface area contributed by atoms with Gasteiger partial charge in [-0.25, -0.2) is 0 Å². The predicted octanol–water partition coefficient (Wildman–Crippen LogP) is 13.1. The Labute approximate surface area is 353 Å². The van der Waals surface area contributed by atoms with E-state index >= 15 is 0 Å². The standard InChI is InChI=1S/C57H37N3O/c1-56(32-35-30-33-14-2-3-15-34(33)31-42(35)53(59)41-18-6-11-23-48(41)58)43-19-7-4-16-36(43)37-26-27-39-38-28-29-47-51(54(38)60-55(39)52(37)56)40-17-5-8-20-44(40)57(47)45-21-9-12-24-49(45)61-50-25-13-10-22-46(50)57/h2-10,12-22,24-31,59-60H,32,58H2,1H3. The molecule has 61 heavy (non-hydrogen) atoms. The summed E-state index contributed by atoms with van der Waals surface area (Å²) in [5, 5.41) is 14.3. The molecule has 1 aliphatic heterocycles. The molecule has 0 amide bonds. The highest BCUT2D eigenvalue weighted by molar-refractivity contribution is 6.18. The number of anilines is 1. The molecule has 2 heterocycles. The normalized spacial score (nSPS) is 16.0. The van der Waals surface area contributed by atoms with Gasteiger partial charge < -0.3 is 15.5 Å². The second kappa shape index (κ2) is 12.1. The van der Waals surface area contributed by atoms with Crippen LogP contribution in [0.15, 0.2) is 170 Å². The largest absolute Gasteiger partial charge is 0.457 e.